The Kier molecular flexibility index (Phi) is 6.22. The van der Waals surface area contributed by atoms with Gasteiger partial charge in [-0.05, 0) is 37.6 Å². The number of carbonyl (C=O) groups excluding carboxylic acids is 2. The number of nitrogens with two attached hydrogens (primary N) is 1. The summed E-state index contributed by atoms with van der Waals surface area (Å²) in [5, 5.41) is 2.76. The minimum absolute atomic E-state index is 0.0539. The second-order valence-corrected chi connectivity index (χ2v) is 5.28. The maximum absolute atomic E-state index is 12.8. The zero-order valence-corrected chi connectivity index (χ0v) is 13.3. The second kappa shape index (κ2) is 8.38. The number of benzene rings is 1. The molecule has 7 nitrogen and oxygen atoms in total. The van der Waals surface area contributed by atoms with Crippen LogP contribution in [0.4, 0.5) is 0 Å². The molecule has 1 heterocycles. The summed E-state index contributed by atoms with van der Waals surface area (Å²) >= 11 is 0. The van der Waals surface area contributed by atoms with Crippen LogP contribution < -0.4 is 20.5 Å². The first-order valence-electron chi connectivity index (χ1n) is 7.72. The van der Waals surface area contributed by atoms with E-state index < -0.39 is 0 Å². The molecule has 2 rings (SSSR count). The molecule has 0 aliphatic carbocycles. The van der Waals surface area contributed by atoms with E-state index in [-0.39, 0.29) is 18.4 Å². The first-order valence-corrected chi connectivity index (χ1v) is 7.72. The molecule has 0 saturated carbocycles. The van der Waals surface area contributed by atoms with E-state index in [0.717, 1.165) is 6.42 Å². The van der Waals surface area contributed by atoms with Crippen LogP contribution in [0, 0.1) is 0 Å². The van der Waals surface area contributed by atoms with Crippen molar-refractivity contribution in [1.29, 1.82) is 0 Å². The molecule has 0 radical (unpaired) electrons. The lowest BCUT2D eigenvalue weighted by Gasteiger charge is -2.21. The molecule has 1 aromatic carbocycles. The van der Waals surface area contributed by atoms with Crippen LogP contribution in [0.2, 0.25) is 0 Å². The van der Waals surface area contributed by atoms with Crippen molar-refractivity contribution in [2.24, 2.45) is 5.73 Å². The van der Waals surface area contributed by atoms with E-state index >= 15 is 0 Å². The number of nitrogens with one attached hydrogen (secondary N) is 1. The van der Waals surface area contributed by atoms with Gasteiger partial charge >= 0.3 is 0 Å². The third-order valence-electron chi connectivity index (χ3n) is 3.57. The highest BCUT2D eigenvalue weighted by Gasteiger charge is 2.24. The molecule has 3 N–H and O–H groups in total. The highest BCUT2D eigenvalue weighted by atomic mass is 16.5. The largest absolute Gasteiger partial charge is 0.497 e. The Labute approximate surface area is 135 Å². The number of amides is 2. The molecule has 1 saturated heterocycles. The van der Waals surface area contributed by atoms with E-state index in [0.29, 0.717) is 49.7 Å². The molecule has 7 heteroatoms. The second-order valence-electron chi connectivity index (χ2n) is 5.28. The standard InChI is InChI=1S/C16H23N3O4/c1-22-12-4-5-14(23-9-2-6-17)13(10-12)16(21)19-8-3-7-18-15(20)11-19/h4-5,10H,2-3,6-9,11,17H2,1H3,(H,18,20). The van der Waals surface area contributed by atoms with Gasteiger partial charge in [0, 0.05) is 13.1 Å². The van der Waals surface area contributed by atoms with E-state index in [1.165, 1.54) is 12.0 Å². The fourth-order valence-electron chi connectivity index (χ4n) is 2.34. The Balaban J connectivity index is 2.23. The van der Waals surface area contributed by atoms with E-state index in [2.05, 4.69) is 5.32 Å². The third kappa shape index (κ3) is 4.59. The van der Waals surface area contributed by atoms with E-state index in [1.807, 2.05) is 0 Å². The zero-order chi connectivity index (χ0) is 16.7. The van der Waals surface area contributed by atoms with Crippen LogP contribution in [0.25, 0.3) is 0 Å². The first kappa shape index (κ1) is 17.1. The van der Waals surface area contributed by atoms with E-state index in [1.54, 1.807) is 18.2 Å². The summed E-state index contributed by atoms with van der Waals surface area (Å²) in [4.78, 5) is 26.0. The number of ether oxygens (including phenoxy) is 2. The summed E-state index contributed by atoms with van der Waals surface area (Å²) < 4.78 is 10.9. The molecule has 2 amide bonds. The molecular weight excluding hydrogens is 298 g/mol. The van der Waals surface area contributed by atoms with E-state index in [4.69, 9.17) is 15.2 Å². The van der Waals surface area contributed by atoms with Gasteiger partial charge in [0.25, 0.3) is 5.91 Å². The van der Waals surface area contributed by atoms with Gasteiger partial charge in [-0.1, -0.05) is 0 Å². The molecule has 23 heavy (non-hydrogen) atoms. The number of rotatable bonds is 6. The van der Waals surface area contributed by atoms with Crippen molar-refractivity contribution in [2.45, 2.75) is 12.8 Å². The molecule has 0 aromatic heterocycles. The third-order valence-corrected chi connectivity index (χ3v) is 3.57. The molecule has 0 spiro atoms. The van der Waals surface area contributed by atoms with Crippen LogP contribution in [-0.4, -0.2) is 56.6 Å². The Morgan fingerprint density at radius 2 is 2.26 bits per heavy atom. The predicted octanol–water partition coefficient (Wildman–Crippen LogP) is 0.385. The Hall–Kier alpha value is -2.28. The Morgan fingerprint density at radius 3 is 3.00 bits per heavy atom. The summed E-state index contributed by atoms with van der Waals surface area (Å²) in [5.41, 5.74) is 5.87. The molecule has 1 aliphatic rings. The van der Waals surface area contributed by atoms with Crippen LogP contribution in [0.15, 0.2) is 18.2 Å². The molecule has 126 valence electrons. The topological polar surface area (TPSA) is 93.9 Å². The number of methoxy groups -OCH3 is 1. The van der Waals surface area contributed by atoms with Gasteiger partial charge in [0.2, 0.25) is 5.91 Å². The Bertz CT molecular complexity index is 562. The summed E-state index contributed by atoms with van der Waals surface area (Å²) in [6.07, 6.45) is 1.43. The van der Waals surface area contributed by atoms with Crippen molar-refractivity contribution in [3.8, 4) is 11.5 Å². The fourth-order valence-corrected chi connectivity index (χ4v) is 2.34. The van der Waals surface area contributed by atoms with Gasteiger partial charge in [0.1, 0.15) is 11.5 Å². The number of carbonyl (C=O) groups is 2. The van der Waals surface area contributed by atoms with Crippen molar-refractivity contribution < 1.29 is 19.1 Å². The van der Waals surface area contributed by atoms with Gasteiger partial charge in [0.05, 0.1) is 25.8 Å². The maximum Gasteiger partial charge on any atom is 0.258 e. The van der Waals surface area contributed by atoms with Gasteiger partial charge in [-0.2, -0.15) is 0 Å². The molecular formula is C16H23N3O4. The number of hydrogen-bond acceptors (Lipinski definition) is 5. The minimum atomic E-state index is -0.233. The predicted molar refractivity (Wildman–Crippen MR) is 85.7 cm³/mol. The van der Waals surface area contributed by atoms with Crippen LogP contribution in [-0.2, 0) is 4.79 Å². The molecule has 0 unspecified atom stereocenters. The van der Waals surface area contributed by atoms with Crippen LogP contribution in [0.3, 0.4) is 0 Å². The summed E-state index contributed by atoms with van der Waals surface area (Å²) in [6.45, 7) is 2.12. The molecule has 1 fully saturated rings. The van der Waals surface area contributed by atoms with Crippen LogP contribution >= 0.6 is 0 Å². The SMILES string of the molecule is COc1ccc(OCCCN)c(C(=O)N2CCCNC(=O)C2)c1. The smallest absolute Gasteiger partial charge is 0.258 e. The maximum atomic E-state index is 12.8. The molecule has 0 bridgehead atoms. The highest BCUT2D eigenvalue weighted by Crippen LogP contribution is 2.26. The average molecular weight is 321 g/mol. The Morgan fingerprint density at radius 1 is 1.43 bits per heavy atom. The van der Waals surface area contributed by atoms with Gasteiger partial charge < -0.3 is 25.4 Å². The highest BCUT2D eigenvalue weighted by molar-refractivity contribution is 5.99. The number of nitrogens with zero attached hydrogens (tertiary/aromatic N) is 1. The molecule has 1 aliphatic heterocycles. The molecule has 1 aromatic rings. The summed E-state index contributed by atoms with van der Waals surface area (Å²) in [5.74, 6) is 0.667. The van der Waals surface area contributed by atoms with E-state index in [9.17, 15) is 9.59 Å². The van der Waals surface area contributed by atoms with Crippen molar-refractivity contribution in [1.82, 2.24) is 10.2 Å². The normalized spacial score (nSPS) is 14.9. The fraction of sp³-hybridized carbons (Fsp3) is 0.500. The van der Waals surface area contributed by atoms with Crippen molar-refractivity contribution >= 4 is 11.8 Å². The average Bonchev–Trinajstić information content (AvgIpc) is 2.79. The zero-order valence-electron chi connectivity index (χ0n) is 13.3. The molecule has 0 atom stereocenters. The lowest BCUT2D eigenvalue weighted by Crippen LogP contribution is -2.37. The lowest BCUT2D eigenvalue weighted by atomic mass is 10.1. The quantitative estimate of drug-likeness (QED) is 0.739. The van der Waals surface area contributed by atoms with Crippen LogP contribution in [0.1, 0.15) is 23.2 Å². The minimum Gasteiger partial charge on any atom is -0.497 e. The summed E-state index contributed by atoms with van der Waals surface area (Å²) in [6, 6.07) is 5.09. The van der Waals surface area contributed by atoms with Crippen molar-refractivity contribution in [3.63, 3.8) is 0 Å². The monoisotopic (exact) mass is 321 g/mol. The number of hydrogen-bond donors (Lipinski definition) is 2. The lowest BCUT2D eigenvalue weighted by molar-refractivity contribution is -0.121. The summed E-state index contributed by atoms with van der Waals surface area (Å²) in [7, 11) is 1.54. The van der Waals surface area contributed by atoms with Gasteiger partial charge in [-0.25, -0.2) is 0 Å². The van der Waals surface area contributed by atoms with Gasteiger partial charge in [-0.15, -0.1) is 0 Å². The van der Waals surface area contributed by atoms with Crippen molar-refractivity contribution in [3.05, 3.63) is 23.8 Å². The first-order chi connectivity index (χ1) is 11.2. The van der Waals surface area contributed by atoms with Gasteiger partial charge in [0.15, 0.2) is 0 Å². The van der Waals surface area contributed by atoms with Gasteiger partial charge in [-0.3, -0.25) is 9.59 Å². The van der Waals surface area contributed by atoms with Crippen molar-refractivity contribution in [2.75, 3.05) is 39.9 Å². The van der Waals surface area contributed by atoms with Crippen LogP contribution in [0.5, 0.6) is 11.5 Å².